The van der Waals surface area contributed by atoms with E-state index >= 15 is 0 Å². The normalized spacial score (nSPS) is 12.6. The summed E-state index contributed by atoms with van der Waals surface area (Å²) < 4.78 is 13.2. The maximum atomic E-state index is 10.4. The number of para-hydroxylation sites is 2. The Morgan fingerprint density at radius 3 is 2.77 bits per heavy atom. The van der Waals surface area contributed by atoms with E-state index < -0.39 is 6.10 Å². The second-order valence-electron chi connectivity index (χ2n) is 6.13. The van der Waals surface area contributed by atoms with Crippen LogP contribution in [0.5, 0.6) is 11.5 Å². The van der Waals surface area contributed by atoms with Crippen molar-refractivity contribution in [2.24, 2.45) is 0 Å². The lowest BCUT2D eigenvalue weighted by molar-refractivity contribution is 0.0914. The van der Waals surface area contributed by atoms with Gasteiger partial charge < -0.3 is 19.1 Å². The van der Waals surface area contributed by atoms with Crippen molar-refractivity contribution in [3.8, 4) is 11.5 Å². The number of ether oxygens (including phenoxy) is 2. The third-order valence-electron chi connectivity index (χ3n) is 4.22. The Morgan fingerprint density at radius 2 is 2.00 bits per heavy atom. The first kappa shape index (κ1) is 18.0. The van der Waals surface area contributed by atoms with Crippen molar-refractivity contribution in [1.29, 1.82) is 0 Å². The van der Waals surface area contributed by atoms with Gasteiger partial charge in [-0.15, -0.1) is 0 Å². The molecule has 3 rings (SSSR count). The van der Waals surface area contributed by atoms with Crippen LogP contribution in [-0.4, -0.2) is 34.5 Å². The highest BCUT2D eigenvalue weighted by atomic mass is 16.5. The number of benzene rings is 2. The summed E-state index contributed by atoms with van der Waals surface area (Å²) in [4.78, 5) is 4.52. The topological polar surface area (TPSA) is 56.5 Å². The van der Waals surface area contributed by atoms with E-state index in [-0.39, 0.29) is 6.61 Å². The van der Waals surface area contributed by atoms with Gasteiger partial charge in [0.25, 0.3) is 0 Å². The molecule has 1 atom stereocenters. The van der Waals surface area contributed by atoms with Crippen molar-refractivity contribution in [3.05, 3.63) is 59.9 Å². The number of aliphatic hydroxyl groups excluding tert-OH is 1. The maximum absolute atomic E-state index is 10.4. The average Bonchev–Trinajstić information content (AvgIpc) is 2.96. The molecule has 0 bridgehead atoms. The lowest BCUT2D eigenvalue weighted by atomic mass is 10.2. The SMILES string of the molecule is C/C=C/c1ccc(OCC(O)Cn2c(C)nc3ccccc32)c(OC)c1. The Labute approximate surface area is 153 Å². The Bertz CT molecular complexity index is 915. The molecule has 0 saturated heterocycles. The van der Waals surface area contributed by atoms with Crippen LogP contribution >= 0.6 is 0 Å². The molecular weight excluding hydrogens is 328 g/mol. The molecule has 0 aliphatic heterocycles. The number of aliphatic hydroxyl groups is 1. The fourth-order valence-corrected chi connectivity index (χ4v) is 2.98. The molecule has 136 valence electrons. The van der Waals surface area contributed by atoms with Crippen LogP contribution in [0.2, 0.25) is 0 Å². The van der Waals surface area contributed by atoms with Crippen molar-refractivity contribution in [2.75, 3.05) is 13.7 Å². The number of hydrogen-bond donors (Lipinski definition) is 1. The van der Waals surface area contributed by atoms with Crippen LogP contribution in [-0.2, 0) is 6.54 Å². The number of nitrogens with zero attached hydrogens (tertiary/aromatic N) is 2. The predicted octanol–water partition coefficient (Wildman–Crippen LogP) is 3.83. The van der Waals surface area contributed by atoms with Crippen molar-refractivity contribution in [3.63, 3.8) is 0 Å². The van der Waals surface area contributed by atoms with E-state index in [2.05, 4.69) is 4.98 Å². The first-order valence-electron chi connectivity index (χ1n) is 8.66. The number of rotatable bonds is 7. The van der Waals surface area contributed by atoms with Gasteiger partial charge in [0, 0.05) is 0 Å². The Kier molecular flexibility index (Phi) is 5.58. The summed E-state index contributed by atoms with van der Waals surface area (Å²) in [7, 11) is 1.61. The molecule has 0 saturated carbocycles. The van der Waals surface area contributed by atoms with E-state index in [1.54, 1.807) is 7.11 Å². The summed E-state index contributed by atoms with van der Waals surface area (Å²) in [6.45, 7) is 4.50. The molecule has 0 aliphatic carbocycles. The first-order chi connectivity index (χ1) is 12.6. The third kappa shape index (κ3) is 3.89. The standard InChI is InChI=1S/C21H24N2O3/c1-4-7-16-10-11-20(21(12-16)25-3)26-14-17(24)13-23-15(2)22-18-8-5-6-9-19(18)23/h4-12,17,24H,13-14H2,1-3H3/b7-4+. The van der Waals surface area contributed by atoms with E-state index in [1.807, 2.05) is 73.0 Å². The van der Waals surface area contributed by atoms with Gasteiger partial charge in [-0.25, -0.2) is 4.98 Å². The van der Waals surface area contributed by atoms with Crippen molar-refractivity contribution in [1.82, 2.24) is 9.55 Å². The molecule has 0 aliphatic rings. The first-order valence-corrected chi connectivity index (χ1v) is 8.66. The van der Waals surface area contributed by atoms with Crippen LogP contribution in [0.4, 0.5) is 0 Å². The molecule has 26 heavy (non-hydrogen) atoms. The van der Waals surface area contributed by atoms with Crippen LogP contribution in [0.1, 0.15) is 18.3 Å². The van der Waals surface area contributed by atoms with Crippen LogP contribution in [0.3, 0.4) is 0 Å². The molecule has 2 aromatic carbocycles. The predicted molar refractivity (Wildman–Crippen MR) is 104 cm³/mol. The van der Waals surface area contributed by atoms with E-state index in [4.69, 9.17) is 9.47 Å². The molecular formula is C21H24N2O3. The minimum absolute atomic E-state index is 0.172. The van der Waals surface area contributed by atoms with Crippen molar-refractivity contribution >= 4 is 17.1 Å². The molecule has 0 fully saturated rings. The van der Waals surface area contributed by atoms with Gasteiger partial charge in [-0.05, 0) is 43.7 Å². The van der Waals surface area contributed by atoms with E-state index in [1.165, 1.54) is 0 Å². The summed E-state index contributed by atoms with van der Waals surface area (Å²) in [6, 6.07) is 13.6. The molecule has 5 heteroatoms. The number of imidazole rings is 1. The molecule has 0 radical (unpaired) electrons. The average molecular weight is 352 g/mol. The molecule has 3 aromatic rings. The van der Waals surface area contributed by atoms with Gasteiger partial charge in [0.15, 0.2) is 11.5 Å². The Balaban J connectivity index is 1.69. The summed E-state index contributed by atoms with van der Waals surface area (Å²) in [5.41, 5.74) is 2.98. The number of aryl methyl sites for hydroxylation is 1. The number of fused-ring (bicyclic) bond motifs is 1. The second-order valence-corrected chi connectivity index (χ2v) is 6.13. The zero-order valence-electron chi connectivity index (χ0n) is 15.3. The highest BCUT2D eigenvalue weighted by Gasteiger charge is 2.13. The molecule has 1 aromatic heterocycles. The van der Waals surface area contributed by atoms with E-state index in [0.29, 0.717) is 18.0 Å². The van der Waals surface area contributed by atoms with Gasteiger partial charge >= 0.3 is 0 Å². The molecule has 0 amide bonds. The minimum atomic E-state index is -0.661. The quantitative estimate of drug-likeness (QED) is 0.702. The van der Waals surface area contributed by atoms with E-state index in [0.717, 1.165) is 22.4 Å². The largest absolute Gasteiger partial charge is 0.493 e. The van der Waals surface area contributed by atoms with Gasteiger partial charge in [-0.2, -0.15) is 0 Å². The molecule has 1 unspecified atom stereocenters. The summed E-state index contributed by atoms with van der Waals surface area (Å²) in [6.07, 6.45) is 3.30. The van der Waals surface area contributed by atoms with E-state index in [9.17, 15) is 5.11 Å². The lowest BCUT2D eigenvalue weighted by Crippen LogP contribution is -2.24. The number of aromatic nitrogens is 2. The summed E-state index contributed by atoms with van der Waals surface area (Å²) >= 11 is 0. The minimum Gasteiger partial charge on any atom is -0.493 e. The Morgan fingerprint density at radius 1 is 1.19 bits per heavy atom. The molecule has 1 N–H and O–H groups in total. The second kappa shape index (κ2) is 8.06. The third-order valence-corrected chi connectivity index (χ3v) is 4.22. The fourth-order valence-electron chi connectivity index (χ4n) is 2.98. The van der Waals surface area contributed by atoms with Crippen molar-refractivity contribution in [2.45, 2.75) is 26.5 Å². The Hall–Kier alpha value is -2.79. The highest BCUT2D eigenvalue weighted by molar-refractivity contribution is 5.75. The summed E-state index contributed by atoms with van der Waals surface area (Å²) in [5, 5.41) is 10.4. The number of methoxy groups -OCH3 is 1. The maximum Gasteiger partial charge on any atom is 0.161 e. The number of allylic oxidation sites excluding steroid dienone is 1. The van der Waals surface area contributed by atoms with Crippen LogP contribution in [0.15, 0.2) is 48.5 Å². The zero-order valence-corrected chi connectivity index (χ0v) is 15.3. The molecule has 0 spiro atoms. The van der Waals surface area contributed by atoms with Gasteiger partial charge in [0.2, 0.25) is 0 Å². The summed E-state index contributed by atoms with van der Waals surface area (Å²) in [5.74, 6) is 2.14. The van der Waals surface area contributed by atoms with Crippen LogP contribution in [0.25, 0.3) is 17.1 Å². The van der Waals surface area contributed by atoms with Crippen LogP contribution < -0.4 is 9.47 Å². The van der Waals surface area contributed by atoms with Gasteiger partial charge in [0.05, 0.1) is 24.7 Å². The molecule has 5 nitrogen and oxygen atoms in total. The highest BCUT2D eigenvalue weighted by Crippen LogP contribution is 2.28. The molecule has 1 heterocycles. The fraction of sp³-hybridized carbons (Fsp3) is 0.286. The van der Waals surface area contributed by atoms with Gasteiger partial charge in [-0.1, -0.05) is 30.4 Å². The zero-order chi connectivity index (χ0) is 18.5. The monoisotopic (exact) mass is 352 g/mol. The van der Waals surface area contributed by atoms with Gasteiger partial charge in [-0.3, -0.25) is 0 Å². The lowest BCUT2D eigenvalue weighted by Gasteiger charge is -2.16. The van der Waals surface area contributed by atoms with Crippen LogP contribution in [0, 0.1) is 6.92 Å². The number of hydrogen-bond acceptors (Lipinski definition) is 4. The van der Waals surface area contributed by atoms with Gasteiger partial charge in [0.1, 0.15) is 18.5 Å². The van der Waals surface area contributed by atoms with Crippen molar-refractivity contribution < 1.29 is 14.6 Å². The smallest absolute Gasteiger partial charge is 0.161 e.